The zero-order chi connectivity index (χ0) is 21.0. The van der Waals surface area contributed by atoms with Crippen LogP contribution in [0.2, 0.25) is 10.0 Å². The van der Waals surface area contributed by atoms with Crippen molar-refractivity contribution in [1.29, 1.82) is 0 Å². The Bertz CT molecular complexity index is 1070. The van der Waals surface area contributed by atoms with E-state index in [0.29, 0.717) is 15.7 Å². The number of hydrazone groups is 1. The first kappa shape index (κ1) is 21.2. The van der Waals surface area contributed by atoms with E-state index in [-0.39, 0.29) is 22.4 Å². The topological polar surface area (TPSA) is 92.4 Å². The van der Waals surface area contributed by atoms with Gasteiger partial charge in [-0.2, -0.15) is 5.10 Å². The average molecular weight is 450 g/mol. The van der Waals surface area contributed by atoms with Gasteiger partial charge in [-0.3, -0.25) is 4.79 Å². The van der Waals surface area contributed by atoms with Crippen LogP contribution in [0, 0.1) is 6.92 Å². The molecule has 150 valence electrons. The summed E-state index contributed by atoms with van der Waals surface area (Å²) in [6, 6.07) is 10.9. The maximum absolute atomic E-state index is 12.0. The lowest BCUT2D eigenvalue weighted by molar-refractivity contribution is -0.118. The van der Waals surface area contributed by atoms with E-state index < -0.39 is 0 Å². The quantitative estimate of drug-likeness (QED) is 0.336. The maximum Gasteiger partial charge on any atom is 0.250 e. The van der Waals surface area contributed by atoms with Crippen LogP contribution >= 0.6 is 35.0 Å². The number of hydrogen-bond acceptors (Lipinski definition) is 6. The van der Waals surface area contributed by atoms with Gasteiger partial charge in [-0.1, -0.05) is 64.8 Å². The van der Waals surface area contributed by atoms with Crippen LogP contribution in [-0.4, -0.2) is 37.7 Å². The molecule has 0 bridgehead atoms. The molecule has 0 spiro atoms. The first-order chi connectivity index (χ1) is 13.8. The Kier molecular flexibility index (Phi) is 6.79. The molecule has 0 aliphatic heterocycles. The fourth-order valence-corrected chi connectivity index (χ4v) is 3.63. The minimum Gasteiger partial charge on any atom is -0.506 e. The van der Waals surface area contributed by atoms with Gasteiger partial charge in [0, 0.05) is 23.2 Å². The van der Waals surface area contributed by atoms with E-state index in [9.17, 15) is 9.90 Å². The lowest BCUT2D eigenvalue weighted by Gasteiger charge is -2.04. The van der Waals surface area contributed by atoms with Crippen LogP contribution in [0.5, 0.6) is 5.75 Å². The normalized spacial score (nSPS) is 11.2. The summed E-state index contributed by atoms with van der Waals surface area (Å²) in [5.74, 6) is 0.323. The SMILES string of the molecule is Cc1ccc(-c2nnc(SCC(=O)NN=Cc3cc(Cl)cc(Cl)c3O)n2C)cc1. The largest absolute Gasteiger partial charge is 0.506 e. The molecule has 0 unspecified atom stereocenters. The third-order valence-electron chi connectivity index (χ3n) is 3.93. The Morgan fingerprint density at radius 3 is 2.72 bits per heavy atom. The van der Waals surface area contributed by atoms with Crippen molar-refractivity contribution in [1.82, 2.24) is 20.2 Å². The number of aromatic hydroxyl groups is 1. The molecule has 0 aliphatic rings. The molecule has 7 nitrogen and oxygen atoms in total. The lowest BCUT2D eigenvalue weighted by Crippen LogP contribution is -2.19. The Balaban J connectivity index is 1.58. The van der Waals surface area contributed by atoms with Gasteiger partial charge in [-0.25, -0.2) is 5.43 Å². The Hall–Kier alpha value is -2.55. The van der Waals surface area contributed by atoms with E-state index in [1.807, 2.05) is 42.8 Å². The standard InChI is InChI=1S/C19H17Cl2N5O2S/c1-11-3-5-12(6-4-11)18-24-25-19(26(18)2)29-10-16(27)23-22-9-13-7-14(20)8-15(21)17(13)28/h3-9,28H,10H2,1-2H3,(H,23,27). The van der Waals surface area contributed by atoms with Crippen LogP contribution in [0.1, 0.15) is 11.1 Å². The number of phenols is 1. The summed E-state index contributed by atoms with van der Waals surface area (Å²) in [5.41, 5.74) is 4.80. The molecule has 0 atom stereocenters. The molecule has 0 radical (unpaired) electrons. The van der Waals surface area contributed by atoms with Gasteiger partial charge in [0.05, 0.1) is 17.0 Å². The van der Waals surface area contributed by atoms with Gasteiger partial charge in [0.15, 0.2) is 11.0 Å². The highest BCUT2D eigenvalue weighted by molar-refractivity contribution is 7.99. The molecule has 10 heteroatoms. The van der Waals surface area contributed by atoms with Gasteiger partial charge < -0.3 is 9.67 Å². The average Bonchev–Trinajstić information content (AvgIpc) is 3.05. The number of amides is 1. The molecule has 3 aromatic rings. The highest BCUT2D eigenvalue weighted by Gasteiger charge is 2.13. The smallest absolute Gasteiger partial charge is 0.250 e. The third-order valence-corrected chi connectivity index (χ3v) is 5.45. The predicted molar refractivity (Wildman–Crippen MR) is 116 cm³/mol. The van der Waals surface area contributed by atoms with Crippen molar-refractivity contribution in [2.24, 2.45) is 12.1 Å². The monoisotopic (exact) mass is 449 g/mol. The number of nitrogens with zero attached hydrogens (tertiary/aromatic N) is 4. The summed E-state index contributed by atoms with van der Waals surface area (Å²) >= 11 is 13.0. The van der Waals surface area contributed by atoms with Crippen LogP contribution in [0.15, 0.2) is 46.7 Å². The van der Waals surface area contributed by atoms with Crippen molar-refractivity contribution in [2.75, 3.05) is 5.75 Å². The summed E-state index contributed by atoms with van der Waals surface area (Å²) < 4.78 is 1.83. The first-order valence-corrected chi connectivity index (χ1v) is 10.2. The Morgan fingerprint density at radius 2 is 2.00 bits per heavy atom. The predicted octanol–water partition coefficient (Wildman–Crippen LogP) is 4.05. The first-order valence-electron chi connectivity index (χ1n) is 8.44. The van der Waals surface area contributed by atoms with Gasteiger partial charge in [0.25, 0.3) is 5.91 Å². The zero-order valence-electron chi connectivity index (χ0n) is 15.6. The number of phenolic OH excluding ortho intramolecular Hbond substituents is 1. The number of rotatable bonds is 6. The highest BCUT2D eigenvalue weighted by atomic mass is 35.5. The minimum absolute atomic E-state index is 0.0967. The molecule has 2 N–H and O–H groups in total. The number of aromatic nitrogens is 3. The molecule has 1 aromatic heterocycles. The van der Waals surface area contributed by atoms with Gasteiger partial charge in [-0.15, -0.1) is 10.2 Å². The number of hydrogen-bond donors (Lipinski definition) is 2. The van der Waals surface area contributed by atoms with Crippen molar-refractivity contribution >= 4 is 47.1 Å². The van der Waals surface area contributed by atoms with E-state index in [0.717, 1.165) is 17.0 Å². The fraction of sp³-hybridized carbons (Fsp3) is 0.158. The molecule has 1 heterocycles. The Morgan fingerprint density at radius 1 is 1.28 bits per heavy atom. The maximum atomic E-state index is 12.0. The number of nitrogens with one attached hydrogen (secondary N) is 1. The van der Waals surface area contributed by atoms with Crippen LogP contribution < -0.4 is 5.43 Å². The lowest BCUT2D eigenvalue weighted by atomic mass is 10.1. The zero-order valence-corrected chi connectivity index (χ0v) is 17.9. The molecule has 2 aromatic carbocycles. The summed E-state index contributed by atoms with van der Waals surface area (Å²) in [7, 11) is 1.85. The summed E-state index contributed by atoms with van der Waals surface area (Å²) in [6.07, 6.45) is 1.27. The van der Waals surface area contributed by atoms with Crippen molar-refractivity contribution < 1.29 is 9.90 Å². The van der Waals surface area contributed by atoms with Gasteiger partial charge >= 0.3 is 0 Å². The molecule has 3 rings (SSSR count). The fourth-order valence-electron chi connectivity index (χ4n) is 2.42. The minimum atomic E-state index is -0.334. The molecule has 29 heavy (non-hydrogen) atoms. The van der Waals surface area contributed by atoms with E-state index in [2.05, 4.69) is 20.7 Å². The van der Waals surface area contributed by atoms with Crippen molar-refractivity contribution in [2.45, 2.75) is 12.1 Å². The second-order valence-electron chi connectivity index (χ2n) is 6.14. The van der Waals surface area contributed by atoms with E-state index in [1.165, 1.54) is 30.1 Å². The van der Waals surface area contributed by atoms with Gasteiger partial charge in [0.1, 0.15) is 5.75 Å². The second-order valence-corrected chi connectivity index (χ2v) is 7.92. The van der Waals surface area contributed by atoms with Gasteiger partial charge in [0.2, 0.25) is 0 Å². The van der Waals surface area contributed by atoms with Crippen LogP contribution in [0.3, 0.4) is 0 Å². The number of carbonyl (C=O) groups is 1. The molecule has 0 saturated carbocycles. The van der Waals surface area contributed by atoms with Gasteiger partial charge in [-0.05, 0) is 19.1 Å². The molecule has 1 amide bonds. The number of carbonyl (C=O) groups excluding carboxylic acids is 1. The van der Waals surface area contributed by atoms with Crippen molar-refractivity contribution in [3.8, 4) is 17.1 Å². The van der Waals surface area contributed by atoms with Crippen molar-refractivity contribution in [3.63, 3.8) is 0 Å². The number of thioether (sulfide) groups is 1. The Labute approximate surface area is 181 Å². The number of aryl methyl sites for hydroxylation is 1. The van der Waals surface area contributed by atoms with Crippen LogP contribution in [0.4, 0.5) is 0 Å². The summed E-state index contributed by atoms with van der Waals surface area (Å²) in [6.45, 7) is 2.02. The second kappa shape index (κ2) is 9.30. The molecule has 0 aliphatic carbocycles. The highest BCUT2D eigenvalue weighted by Crippen LogP contribution is 2.30. The van der Waals surface area contributed by atoms with E-state index >= 15 is 0 Å². The van der Waals surface area contributed by atoms with Crippen LogP contribution in [-0.2, 0) is 11.8 Å². The van der Waals surface area contributed by atoms with Crippen molar-refractivity contribution in [3.05, 3.63) is 57.6 Å². The molecule has 0 fully saturated rings. The third kappa shape index (κ3) is 5.29. The summed E-state index contributed by atoms with van der Waals surface area (Å²) in [4.78, 5) is 12.0. The van der Waals surface area contributed by atoms with E-state index in [1.54, 1.807) is 0 Å². The molecular weight excluding hydrogens is 433 g/mol. The number of benzene rings is 2. The van der Waals surface area contributed by atoms with E-state index in [4.69, 9.17) is 23.2 Å². The number of halogens is 2. The molecule has 0 saturated heterocycles. The molecular formula is C19H17Cl2N5O2S. The van der Waals surface area contributed by atoms with Crippen LogP contribution in [0.25, 0.3) is 11.4 Å². The summed E-state index contributed by atoms with van der Waals surface area (Å²) in [5, 5.41) is 23.1.